The molecule has 0 radical (unpaired) electrons. The first-order valence-corrected chi connectivity index (χ1v) is 10.7. The summed E-state index contributed by atoms with van der Waals surface area (Å²) in [6, 6.07) is 13.5. The third-order valence-electron chi connectivity index (χ3n) is 6.10. The maximum absolute atomic E-state index is 14.5. The lowest BCUT2D eigenvalue weighted by molar-refractivity contribution is -0.0970. The van der Waals surface area contributed by atoms with E-state index in [1.54, 1.807) is 36.5 Å². The van der Waals surface area contributed by atoms with Gasteiger partial charge in [0.05, 0.1) is 11.9 Å². The van der Waals surface area contributed by atoms with Gasteiger partial charge in [-0.05, 0) is 42.0 Å². The van der Waals surface area contributed by atoms with Crippen LogP contribution < -0.4 is 15.8 Å². The van der Waals surface area contributed by atoms with Crippen LogP contribution in [0.5, 0.6) is 11.5 Å². The first-order chi connectivity index (χ1) is 16.5. The second-order valence-corrected chi connectivity index (χ2v) is 8.20. The van der Waals surface area contributed by atoms with Crippen LogP contribution in [0.15, 0.2) is 67.1 Å². The van der Waals surface area contributed by atoms with Gasteiger partial charge in [0.2, 0.25) is 11.9 Å². The number of hydrogen-bond acceptors (Lipinski definition) is 7. The van der Waals surface area contributed by atoms with E-state index in [2.05, 4.69) is 20.3 Å². The van der Waals surface area contributed by atoms with Crippen molar-refractivity contribution < 1.29 is 18.3 Å². The molecule has 0 saturated carbocycles. The van der Waals surface area contributed by atoms with Crippen LogP contribution in [-0.4, -0.2) is 34.3 Å². The van der Waals surface area contributed by atoms with Gasteiger partial charge >= 0.3 is 0 Å². The standard InChI is InChI=1S/C25H19F2N5O2/c26-22-9-15(5-7-30-22)19-10-18-21(11-32-19)33-20-4-3-14(16-2-1-6-31-24(16)27)8-17(20)25(18)13-29-12-23(28)34-25/h1-11,23,29H,12-13,28H2/t23-,25?/m0/s1. The predicted molar refractivity (Wildman–Crippen MR) is 120 cm³/mol. The lowest BCUT2D eigenvalue weighted by Crippen LogP contribution is -2.56. The summed E-state index contributed by atoms with van der Waals surface area (Å²) in [6.07, 6.45) is 3.78. The Hall–Kier alpha value is -3.79. The fourth-order valence-electron chi connectivity index (χ4n) is 4.58. The van der Waals surface area contributed by atoms with Crippen LogP contribution in [0.2, 0.25) is 0 Å². The summed E-state index contributed by atoms with van der Waals surface area (Å²) in [5.41, 5.74) is 8.67. The van der Waals surface area contributed by atoms with Gasteiger partial charge in [-0.15, -0.1) is 0 Å². The first kappa shape index (κ1) is 20.8. The molecule has 2 aliphatic rings. The summed E-state index contributed by atoms with van der Waals surface area (Å²) in [5, 5.41) is 3.33. The number of ether oxygens (including phenoxy) is 2. The van der Waals surface area contributed by atoms with Crippen LogP contribution in [-0.2, 0) is 10.3 Å². The number of halogens is 2. The SMILES string of the molecule is N[C@@H]1CNCC2(O1)c1cc(-c3cccnc3F)ccc1Oc1cnc(-c3ccnc(F)c3)cc12. The van der Waals surface area contributed by atoms with Crippen molar-refractivity contribution >= 4 is 0 Å². The van der Waals surface area contributed by atoms with Crippen LogP contribution in [0, 0.1) is 11.9 Å². The fourth-order valence-corrected chi connectivity index (χ4v) is 4.58. The third-order valence-corrected chi connectivity index (χ3v) is 6.10. The number of morpholine rings is 1. The van der Waals surface area contributed by atoms with E-state index in [1.807, 2.05) is 12.1 Å². The van der Waals surface area contributed by atoms with Crippen molar-refractivity contribution in [3.63, 3.8) is 0 Å². The van der Waals surface area contributed by atoms with E-state index in [0.29, 0.717) is 58.1 Å². The van der Waals surface area contributed by atoms with Gasteiger partial charge in [-0.25, -0.2) is 9.97 Å². The van der Waals surface area contributed by atoms with Gasteiger partial charge in [0.15, 0.2) is 5.75 Å². The molecule has 1 saturated heterocycles. The Labute approximate surface area is 193 Å². The Bertz CT molecular complexity index is 1420. The van der Waals surface area contributed by atoms with Gasteiger partial charge < -0.3 is 20.5 Å². The molecule has 1 aromatic carbocycles. The van der Waals surface area contributed by atoms with E-state index < -0.39 is 23.7 Å². The Balaban J connectivity index is 1.55. The summed E-state index contributed by atoms with van der Waals surface area (Å²) in [4.78, 5) is 11.8. The van der Waals surface area contributed by atoms with Crippen molar-refractivity contribution in [2.75, 3.05) is 13.1 Å². The highest BCUT2D eigenvalue weighted by molar-refractivity contribution is 5.70. The molecule has 4 aromatic rings. The Kier molecular flexibility index (Phi) is 4.84. The number of fused-ring (bicyclic) bond motifs is 4. The molecule has 0 amide bonds. The molecule has 1 spiro atoms. The molecule has 3 aromatic heterocycles. The van der Waals surface area contributed by atoms with Crippen molar-refractivity contribution in [1.82, 2.24) is 20.3 Å². The van der Waals surface area contributed by atoms with Crippen molar-refractivity contribution in [1.29, 1.82) is 0 Å². The lowest BCUT2D eigenvalue weighted by Gasteiger charge is -2.44. The number of rotatable bonds is 2. The molecule has 2 aliphatic heterocycles. The molecule has 0 bridgehead atoms. The van der Waals surface area contributed by atoms with Crippen LogP contribution in [0.3, 0.4) is 0 Å². The monoisotopic (exact) mass is 459 g/mol. The maximum Gasteiger partial charge on any atom is 0.220 e. The summed E-state index contributed by atoms with van der Waals surface area (Å²) in [7, 11) is 0. The molecule has 1 fully saturated rings. The number of benzene rings is 1. The number of pyridine rings is 3. The third kappa shape index (κ3) is 3.33. The molecule has 34 heavy (non-hydrogen) atoms. The summed E-state index contributed by atoms with van der Waals surface area (Å²) in [6.45, 7) is 0.870. The van der Waals surface area contributed by atoms with Gasteiger partial charge in [0.25, 0.3) is 0 Å². The number of nitrogens with two attached hydrogens (primary N) is 1. The van der Waals surface area contributed by atoms with E-state index >= 15 is 0 Å². The number of hydrogen-bond donors (Lipinski definition) is 2. The van der Waals surface area contributed by atoms with Crippen LogP contribution in [0.4, 0.5) is 8.78 Å². The zero-order valence-corrected chi connectivity index (χ0v) is 17.8. The summed E-state index contributed by atoms with van der Waals surface area (Å²) < 4.78 is 40.8. The van der Waals surface area contributed by atoms with Gasteiger partial charge in [0, 0.05) is 53.8 Å². The summed E-state index contributed by atoms with van der Waals surface area (Å²) >= 11 is 0. The average Bonchev–Trinajstić information content (AvgIpc) is 2.84. The maximum atomic E-state index is 14.5. The molecule has 3 N–H and O–H groups in total. The summed E-state index contributed by atoms with van der Waals surface area (Å²) in [5.74, 6) is -0.115. The van der Waals surface area contributed by atoms with Crippen LogP contribution in [0.25, 0.3) is 22.4 Å². The van der Waals surface area contributed by atoms with Crippen LogP contribution >= 0.6 is 0 Å². The largest absolute Gasteiger partial charge is 0.455 e. The predicted octanol–water partition coefficient (Wildman–Crippen LogP) is 3.74. The smallest absolute Gasteiger partial charge is 0.220 e. The van der Waals surface area contributed by atoms with Gasteiger partial charge in [-0.1, -0.05) is 6.07 Å². The fraction of sp³-hybridized carbons (Fsp3) is 0.160. The zero-order chi connectivity index (χ0) is 23.3. The Morgan fingerprint density at radius 3 is 2.65 bits per heavy atom. The first-order valence-electron chi connectivity index (χ1n) is 10.7. The molecule has 7 nitrogen and oxygen atoms in total. The topological polar surface area (TPSA) is 95.2 Å². The van der Waals surface area contributed by atoms with Crippen LogP contribution in [0.1, 0.15) is 11.1 Å². The molecule has 9 heteroatoms. The Morgan fingerprint density at radius 1 is 0.941 bits per heavy atom. The average molecular weight is 459 g/mol. The van der Waals surface area contributed by atoms with Gasteiger partial charge in [0.1, 0.15) is 17.6 Å². The minimum absolute atomic E-state index is 0.363. The van der Waals surface area contributed by atoms with E-state index in [1.165, 1.54) is 18.5 Å². The van der Waals surface area contributed by atoms with Gasteiger partial charge in [-0.2, -0.15) is 8.78 Å². The lowest BCUT2D eigenvalue weighted by atomic mass is 9.81. The molecule has 2 atom stereocenters. The van der Waals surface area contributed by atoms with E-state index in [-0.39, 0.29) is 0 Å². The number of nitrogens with zero attached hydrogens (tertiary/aromatic N) is 3. The molecule has 5 heterocycles. The normalized spacial score (nSPS) is 21.0. The highest BCUT2D eigenvalue weighted by atomic mass is 19.1. The molecular weight excluding hydrogens is 440 g/mol. The molecular formula is C25H19F2N5O2. The highest BCUT2D eigenvalue weighted by Crippen LogP contribution is 2.51. The molecule has 0 aliphatic carbocycles. The zero-order valence-electron chi connectivity index (χ0n) is 17.8. The van der Waals surface area contributed by atoms with Crippen molar-refractivity contribution in [2.45, 2.75) is 11.8 Å². The minimum atomic E-state index is -1.03. The van der Waals surface area contributed by atoms with Crippen molar-refractivity contribution in [3.8, 4) is 33.9 Å². The Morgan fingerprint density at radius 2 is 1.82 bits per heavy atom. The number of nitrogens with one attached hydrogen (secondary N) is 1. The molecule has 1 unspecified atom stereocenters. The van der Waals surface area contributed by atoms with E-state index in [0.717, 1.165) is 0 Å². The van der Waals surface area contributed by atoms with Crippen molar-refractivity contribution in [3.05, 3.63) is 90.1 Å². The van der Waals surface area contributed by atoms with Gasteiger partial charge in [-0.3, -0.25) is 4.98 Å². The second-order valence-electron chi connectivity index (χ2n) is 8.20. The highest BCUT2D eigenvalue weighted by Gasteiger charge is 2.47. The molecule has 170 valence electrons. The van der Waals surface area contributed by atoms with Crippen molar-refractivity contribution in [2.24, 2.45) is 5.73 Å². The minimum Gasteiger partial charge on any atom is -0.455 e. The number of aromatic nitrogens is 3. The molecule has 6 rings (SSSR count). The van der Waals surface area contributed by atoms with E-state index in [9.17, 15) is 8.78 Å². The second kappa shape index (κ2) is 7.91. The van der Waals surface area contributed by atoms with E-state index in [4.69, 9.17) is 15.2 Å². The quantitative estimate of drug-likeness (QED) is 0.441.